The highest BCUT2D eigenvalue weighted by Gasteiger charge is 2.17. The Morgan fingerprint density at radius 1 is 1.54 bits per heavy atom. The van der Waals surface area contributed by atoms with E-state index in [2.05, 4.69) is 10.2 Å². The van der Waals surface area contributed by atoms with Gasteiger partial charge in [-0.2, -0.15) is 10.2 Å². The van der Waals surface area contributed by atoms with Crippen LogP contribution in [-0.4, -0.2) is 21.3 Å². The van der Waals surface area contributed by atoms with Gasteiger partial charge in [0.2, 0.25) is 0 Å². The highest BCUT2D eigenvalue weighted by molar-refractivity contribution is 5.75. The van der Waals surface area contributed by atoms with Gasteiger partial charge in [0.1, 0.15) is 6.04 Å². The molecule has 1 atom stereocenters. The maximum atomic E-state index is 10.6. The van der Waals surface area contributed by atoms with E-state index >= 15 is 0 Å². The maximum Gasteiger partial charge on any atom is 0.325 e. The summed E-state index contributed by atoms with van der Waals surface area (Å²) in [4.78, 5) is 10.6. The second-order valence-electron chi connectivity index (χ2n) is 2.84. The molecule has 1 aromatic rings. The first-order chi connectivity index (χ1) is 6.02. The second-order valence-corrected chi connectivity index (χ2v) is 2.84. The van der Waals surface area contributed by atoms with Crippen molar-refractivity contribution >= 4 is 5.97 Å². The van der Waals surface area contributed by atoms with Crippen LogP contribution in [-0.2, 0) is 4.79 Å². The van der Waals surface area contributed by atoms with Gasteiger partial charge in [-0.05, 0) is 19.9 Å². The summed E-state index contributed by atoms with van der Waals surface area (Å²) in [7, 11) is 0. The summed E-state index contributed by atoms with van der Waals surface area (Å²) in [6, 6.07) is 0.621. The first-order valence-electron chi connectivity index (χ1n) is 3.81. The molecule has 0 saturated heterocycles. The number of aryl methyl sites for hydroxylation is 2. The van der Waals surface area contributed by atoms with E-state index in [0.717, 1.165) is 0 Å². The Hall–Kier alpha value is -1.49. The molecular formula is C8H11N3O2. The van der Waals surface area contributed by atoms with Gasteiger partial charge >= 0.3 is 5.97 Å². The summed E-state index contributed by atoms with van der Waals surface area (Å²) in [5.41, 5.74) is 7.17. The van der Waals surface area contributed by atoms with E-state index in [1.165, 1.54) is 0 Å². The number of hydrogen-bond acceptors (Lipinski definition) is 4. The molecule has 0 saturated carbocycles. The molecule has 1 unspecified atom stereocenters. The summed E-state index contributed by atoms with van der Waals surface area (Å²) in [5.74, 6) is -1.06. The van der Waals surface area contributed by atoms with Gasteiger partial charge in [0.15, 0.2) is 0 Å². The summed E-state index contributed by atoms with van der Waals surface area (Å²) in [5, 5.41) is 16.2. The van der Waals surface area contributed by atoms with Crippen LogP contribution in [0.1, 0.15) is 23.0 Å². The lowest BCUT2D eigenvalue weighted by Crippen LogP contribution is -2.22. The standard InChI is InChI=1S/C8H11N3O2/c1-4-3-6(5(2)11-10-4)7(9)8(12)13/h3,7H,9H2,1-2H3,(H,12,13). The molecule has 0 fully saturated rings. The minimum absolute atomic E-state index is 0.514. The fourth-order valence-electron chi connectivity index (χ4n) is 1.02. The first kappa shape index (κ1) is 9.60. The summed E-state index contributed by atoms with van der Waals surface area (Å²) in [6.07, 6.45) is 0. The molecule has 1 rings (SSSR count). The third-order valence-corrected chi connectivity index (χ3v) is 1.74. The van der Waals surface area contributed by atoms with Gasteiger partial charge in [-0.1, -0.05) is 0 Å². The monoisotopic (exact) mass is 181 g/mol. The largest absolute Gasteiger partial charge is 0.480 e. The van der Waals surface area contributed by atoms with Crippen LogP contribution in [0, 0.1) is 13.8 Å². The van der Waals surface area contributed by atoms with Gasteiger partial charge in [0.05, 0.1) is 11.4 Å². The van der Waals surface area contributed by atoms with Crippen molar-refractivity contribution in [1.82, 2.24) is 10.2 Å². The van der Waals surface area contributed by atoms with Crippen LogP contribution in [0.5, 0.6) is 0 Å². The molecule has 5 heteroatoms. The second kappa shape index (κ2) is 3.49. The fraction of sp³-hybridized carbons (Fsp3) is 0.375. The molecule has 1 aromatic heterocycles. The van der Waals surface area contributed by atoms with Gasteiger partial charge in [-0.3, -0.25) is 4.79 Å². The highest BCUT2D eigenvalue weighted by atomic mass is 16.4. The van der Waals surface area contributed by atoms with Crippen molar-refractivity contribution in [3.63, 3.8) is 0 Å². The molecule has 0 aliphatic heterocycles. The minimum Gasteiger partial charge on any atom is -0.480 e. The molecule has 0 radical (unpaired) electrons. The van der Waals surface area contributed by atoms with Crippen molar-refractivity contribution < 1.29 is 9.90 Å². The number of hydrogen-bond donors (Lipinski definition) is 2. The van der Waals surface area contributed by atoms with Crippen molar-refractivity contribution in [2.45, 2.75) is 19.9 Å². The summed E-state index contributed by atoms with van der Waals surface area (Å²) >= 11 is 0. The Labute approximate surface area is 75.6 Å². The van der Waals surface area contributed by atoms with Crippen LogP contribution in [0.25, 0.3) is 0 Å². The average molecular weight is 181 g/mol. The van der Waals surface area contributed by atoms with E-state index in [-0.39, 0.29) is 0 Å². The van der Waals surface area contributed by atoms with E-state index < -0.39 is 12.0 Å². The van der Waals surface area contributed by atoms with Gasteiger partial charge in [0, 0.05) is 5.56 Å². The number of nitrogens with two attached hydrogens (primary N) is 1. The molecule has 3 N–H and O–H groups in total. The first-order valence-corrected chi connectivity index (χ1v) is 3.81. The van der Waals surface area contributed by atoms with Gasteiger partial charge < -0.3 is 10.8 Å². The molecule has 0 bridgehead atoms. The number of aromatic nitrogens is 2. The molecule has 70 valence electrons. The van der Waals surface area contributed by atoms with E-state index in [9.17, 15) is 4.79 Å². The van der Waals surface area contributed by atoms with E-state index in [0.29, 0.717) is 17.0 Å². The molecule has 0 spiro atoms. The molecule has 0 aliphatic rings. The van der Waals surface area contributed by atoms with Crippen molar-refractivity contribution in [1.29, 1.82) is 0 Å². The number of rotatable bonds is 2. The molecule has 13 heavy (non-hydrogen) atoms. The Morgan fingerprint density at radius 3 is 2.69 bits per heavy atom. The average Bonchev–Trinajstić information content (AvgIpc) is 2.08. The molecule has 1 heterocycles. The van der Waals surface area contributed by atoms with Crippen LogP contribution in [0.4, 0.5) is 0 Å². The third-order valence-electron chi connectivity index (χ3n) is 1.74. The number of carbonyl (C=O) groups is 1. The van der Waals surface area contributed by atoms with E-state index in [1.807, 2.05) is 0 Å². The Kier molecular flexibility index (Phi) is 2.57. The normalized spacial score (nSPS) is 12.5. The zero-order chi connectivity index (χ0) is 10.0. The Balaban J connectivity index is 3.12. The van der Waals surface area contributed by atoms with E-state index in [1.54, 1.807) is 19.9 Å². The topological polar surface area (TPSA) is 89.1 Å². The van der Waals surface area contributed by atoms with Gasteiger partial charge in [-0.25, -0.2) is 0 Å². The SMILES string of the molecule is Cc1cc(C(N)C(=O)O)c(C)nn1. The van der Waals surface area contributed by atoms with Crippen LogP contribution < -0.4 is 5.73 Å². The molecule has 0 aromatic carbocycles. The van der Waals surface area contributed by atoms with Crippen molar-refractivity contribution in [3.8, 4) is 0 Å². The smallest absolute Gasteiger partial charge is 0.325 e. The zero-order valence-electron chi connectivity index (χ0n) is 7.48. The minimum atomic E-state index is -1.06. The van der Waals surface area contributed by atoms with Crippen molar-refractivity contribution in [2.24, 2.45) is 5.73 Å². The number of aliphatic carboxylic acids is 1. The Bertz CT molecular complexity index is 338. The lowest BCUT2D eigenvalue weighted by molar-refractivity contribution is -0.138. The lowest BCUT2D eigenvalue weighted by Gasteiger charge is -2.08. The number of carboxylic acids is 1. The van der Waals surface area contributed by atoms with Crippen LogP contribution in [0.2, 0.25) is 0 Å². The van der Waals surface area contributed by atoms with Crippen LogP contribution >= 0.6 is 0 Å². The number of carboxylic acid groups (broad SMARTS) is 1. The van der Waals surface area contributed by atoms with Crippen LogP contribution in [0.15, 0.2) is 6.07 Å². The predicted octanol–water partition coefficient (Wildman–Crippen LogP) is 0.178. The lowest BCUT2D eigenvalue weighted by atomic mass is 10.1. The van der Waals surface area contributed by atoms with Crippen molar-refractivity contribution in [3.05, 3.63) is 23.0 Å². The van der Waals surface area contributed by atoms with Gasteiger partial charge in [-0.15, -0.1) is 0 Å². The molecule has 0 amide bonds. The summed E-state index contributed by atoms with van der Waals surface area (Å²) < 4.78 is 0. The molecular weight excluding hydrogens is 170 g/mol. The van der Waals surface area contributed by atoms with Crippen LogP contribution in [0.3, 0.4) is 0 Å². The Morgan fingerprint density at radius 2 is 2.15 bits per heavy atom. The van der Waals surface area contributed by atoms with Gasteiger partial charge in [0.25, 0.3) is 0 Å². The predicted molar refractivity (Wildman–Crippen MR) is 46.1 cm³/mol. The zero-order valence-corrected chi connectivity index (χ0v) is 7.48. The molecule has 5 nitrogen and oxygen atoms in total. The third kappa shape index (κ3) is 2.00. The summed E-state index contributed by atoms with van der Waals surface area (Å²) in [6.45, 7) is 3.43. The fourth-order valence-corrected chi connectivity index (χ4v) is 1.02. The highest BCUT2D eigenvalue weighted by Crippen LogP contribution is 2.13. The molecule has 0 aliphatic carbocycles. The van der Waals surface area contributed by atoms with E-state index in [4.69, 9.17) is 10.8 Å². The quantitative estimate of drug-likeness (QED) is 0.679. The maximum absolute atomic E-state index is 10.6. The number of nitrogens with zero attached hydrogens (tertiary/aromatic N) is 2. The van der Waals surface area contributed by atoms with Crippen molar-refractivity contribution in [2.75, 3.05) is 0 Å².